The fraction of sp³-hybridized carbons (Fsp3) is 0.412. The highest BCUT2D eigenvalue weighted by Gasteiger charge is 2.14. The molecule has 0 aliphatic heterocycles. The highest BCUT2D eigenvalue weighted by atomic mass is 79.9. The molecule has 0 bridgehead atoms. The van der Waals surface area contributed by atoms with Crippen molar-refractivity contribution in [1.29, 1.82) is 0 Å². The van der Waals surface area contributed by atoms with Crippen LogP contribution in [0.1, 0.15) is 31.1 Å². The van der Waals surface area contributed by atoms with E-state index in [-0.39, 0.29) is 0 Å². The van der Waals surface area contributed by atoms with E-state index in [4.69, 9.17) is 4.42 Å². The van der Waals surface area contributed by atoms with E-state index in [1.807, 2.05) is 12.1 Å². The maximum atomic E-state index is 5.50. The lowest BCUT2D eigenvalue weighted by molar-refractivity contribution is 0.461. The molecule has 0 aliphatic carbocycles. The lowest BCUT2D eigenvalue weighted by Crippen LogP contribution is -2.26. The molecule has 0 saturated heterocycles. The molecule has 2 nitrogen and oxygen atoms in total. The summed E-state index contributed by atoms with van der Waals surface area (Å²) in [5.41, 5.74) is 1.35. The smallest absolute Gasteiger partial charge is 0.104 e. The topological polar surface area (TPSA) is 25.2 Å². The van der Waals surface area contributed by atoms with Gasteiger partial charge in [-0.2, -0.15) is 0 Å². The minimum Gasteiger partial charge on any atom is -0.469 e. The first-order valence-corrected chi connectivity index (χ1v) is 7.93. The second-order valence-corrected chi connectivity index (χ2v) is 6.50. The summed E-state index contributed by atoms with van der Waals surface area (Å²) in [5.74, 6) is 2.15. The molecule has 0 amide bonds. The summed E-state index contributed by atoms with van der Waals surface area (Å²) in [6.45, 7) is 6.48. The van der Waals surface area contributed by atoms with Gasteiger partial charge in [0, 0.05) is 23.4 Å². The fourth-order valence-corrected chi connectivity index (χ4v) is 2.52. The van der Waals surface area contributed by atoms with Gasteiger partial charge in [0.15, 0.2) is 0 Å². The molecule has 108 valence electrons. The van der Waals surface area contributed by atoms with Gasteiger partial charge >= 0.3 is 0 Å². The van der Waals surface area contributed by atoms with Gasteiger partial charge in [-0.15, -0.1) is 0 Å². The summed E-state index contributed by atoms with van der Waals surface area (Å²) >= 11 is 3.49. The minimum absolute atomic E-state index is 0.438. The van der Waals surface area contributed by atoms with Crippen LogP contribution in [0, 0.1) is 5.92 Å². The summed E-state index contributed by atoms with van der Waals surface area (Å²) in [5, 5.41) is 3.56. The predicted molar refractivity (Wildman–Crippen MR) is 87.0 cm³/mol. The Morgan fingerprint density at radius 2 is 1.85 bits per heavy atom. The summed E-state index contributed by atoms with van der Waals surface area (Å²) < 4.78 is 6.62. The number of benzene rings is 1. The highest BCUT2D eigenvalue weighted by molar-refractivity contribution is 9.10. The summed E-state index contributed by atoms with van der Waals surface area (Å²) in [7, 11) is 0. The SMILES string of the molecule is CC(C)CNCC(Cc1ccco1)c1ccc(Br)cc1. The number of rotatable bonds is 7. The van der Waals surface area contributed by atoms with Crippen molar-refractivity contribution >= 4 is 15.9 Å². The third kappa shape index (κ3) is 4.80. The summed E-state index contributed by atoms with van der Waals surface area (Å²) in [6, 6.07) is 12.6. The maximum Gasteiger partial charge on any atom is 0.104 e. The van der Waals surface area contributed by atoms with Crippen LogP contribution >= 0.6 is 15.9 Å². The van der Waals surface area contributed by atoms with E-state index in [1.54, 1.807) is 6.26 Å². The van der Waals surface area contributed by atoms with Crippen molar-refractivity contribution < 1.29 is 4.42 Å². The number of furan rings is 1. The van der Waals surface area contributed by atoms with Crippen molar-refractivity contribution in [2.75, 3.05) is 13.1 Å². The number of nitrogens with one attached hydrogen (secondary N) is 1. The second kappa shape index (κ2) is 7.65. The number of hydrogen-bond donors (Lipinski definition) is 1. The van der Waals surface area contributed by atoms with Crippen molar-refractivity contribution in [1.82, 2.24) is 5.32 Å². The molecule has 1 atom stereocenters. The number of hydrogen-bond acceptors (Lipinski definition) is 2. The Kier molecular flexibility index (Phi) is 5.86. The van der Waals surface area contributed by atoms with E-state index in [0.717, 1.165) is 29.7 Å². The zero-order chi connectivity index (χ0) is 14.4. The first kappa shape index (κ1) is 15.3. The molecule has 1 N–H and O–H groups in total. The largest absolute Gasteiger partial charge is 0.469 e. The van der Waals surface area contributed by atoms with E-state index >= 15 is 0 Å². The van der Waals surface area contributed by atoms with Crippen LogP contribution in [-0.2, 0) is 6.42 Å². The molecule has 0 spiro atoms. The Morgan fingerprint density at radius 1 is 1.10 bits per heavy atom. The Bertz CT molecular complexity index is 490. The molecule has 1 aromatic heterocycles. The molecule has 2 rings (SSSR count). The van der Waals surface area contributed by atoms with Crippen LogP contribution in [0.2, 0.25) is 0 Å². The van der Waals surface area contributed by atoms with Crippen LogP contribution in [0.15, 0.2) is 51.6 Å². The molecule has 0 fully saturated rings. The molecule has 2 aromatic rings. The van der Waals surface area contributed by atoms with Crippen LogP contribution in [0.3, 0.4) is 0 Å². The Hall–Kier alpha value is -1.06. The lowest BCUT2D eigenvalue weighted by Gasteiger charge is -2.18. The summed E-state index contributed by atoms with van der Waals surface area (Å²) in [6.07, 6.45) is 2.68. The maximum absolute atomic E-state index is 5.50. The van der Waals surface area contributed by atoms with Gasteiger partial charge in [-0.3, -0.25) is 0 Å². The van der Waals surface area contributed by atoms with Crippen molar-refractivity contribution in [3.8, 4) is 0 Å². The van der Waals surface area contributed by atoms with Gasteiger partial charge < -0.3 is 9.73 Å². The normalized spacial score (nSPS) is 12.8. The third-order valence-electron chi connectivity index (χ3n) is 3.31. The van der Waals surface area contributed by atoms with Crippen molar-refractivity contribution in [2.24, 2.45) is 5.92 Å². The Balaban J connectivity index is 2.04. The van der Waals surface area contributed by atoms with Gasteiger partial charge in [-0.1, -0.05) is 41.9 Å². The van der Waals surface area contributed by atoms with Crippen LogP contribution in [0.5, 0.6) is 0 Å². The monoisotopic (exact) mass is 335 g/mol. The zero-order valence-electron chi connectivity index (χ0n) is 12.1. The van der Waals surface area contributed by atoms with E-state index < -0.39 is 0 Å². The minimum atomic E-state index is 0.438. The standard InChI is InChI=1S/C17H22BrNO/c1-13(2)11-19-12-15(10-17-4-3-9-20-17)14-5-7-16(18)8-6-14/h3-9,13,15,19H,10-12H2,1-2H3. The van der Waals surface area contributed by atoms with Gasteiger partial charge in [0.2, 0.25) is 0 Å². The van der Waals surface area contributed by atoms with Gasteiger partial charge in [-0.05, 0) is 42.3 Å². The molecule has 1 unspecified atom stereocenters. The predicted octanol–water partition coefficient (Wildman–Crippen LogP) is 4.61. The van der Waals surface area contributed by atoms with Crippen molar-refractivity contribution in [3.05, 3.63) is 58.5 Å². The Morgan fingerprint density at radius 3 is 2.45 bits per heavy atom. The van der Waals surface area contributed by atoms with Crippen molar-refractivity contribution in [2.45, 2.75) is 26.2 Å². The highest BCUT2D eigenvalue weighted by Crippen LogP contribution is 2.22. The van der Waals surface area contributed by atoms with Crippen LogP contribution in [-0.4, -0.2) is 13.1 Å². The first-order valence-electron chi connectivity index (χ1n) is 7.13. The molecular formula is C17H22BrNO. The molecule has 0 aliphatic rings. The fourth-order valence-electron chi connectivity index (χ4n) is 2.26. The third-order valence-corrected chi connectivity index (χ3v) is 3.84. The van der Waals surface area contributed by atoms with Crippen LogP contribution in [0.4, 0.5) is 0 Å². The van der Waals surface area contributed by atoms with E-state index in [1.165, 1.54) is 5.56 Å². The molecule has 1 aromatic carbocycles. The van der Waals surface area contributed by atoms with Crippen molar-refractivity contribution in [3.63, 3.8) is 0 Å². The van der Waals surface area contributed by atoms with Crippen LogP contribution < -0.4 is 5.32 Å². The van der Waals surface area contributed by atoms with E-state index in [0.29, 0.717) is 11.8 Å². The molecular weight excluding hydrogens is 314 g/mol. The average Bonchev–Trinajstić information content (AvgIpc) is 2.91. The van der Waals surface area contributed by atoms with E-state index in [2.05, 4.69) is 59.4 Å². The van der Waals surface area contributed by atoms with Gasteiger partial charge in [0.25, 0.3) is 0 Å². The average molecular weight is 336 g/mol. The second-order valence-electron chi connectivity index (χ2n) is 5.58. The van der Waals surface area contributed by atoms with Crippen LogP contribution in [0.25, 0.3) is 0 Å². The summed E-state index contributed by atoms with van der Waals surface area (Å²) in [4.78, 5) is 0. The van der Waals surface area contributed by atoms with Gasteiger partial charge in [0.05, 0.1) is 6.26 Å². The first-order chi connectivity index (χ1) is 9.65. The molecule has 0 saturated carbocycles. The Labute approximate surface area is 129 Å². The molecule has 1 heterocycles. The van der Waals surface area contributed by atoms with Gasteiger partial charge in [0.1, 0.15) is 5.76 Å². The van der Waals surface area contributed by atoms with Gasteiger partial charge in [-0.25, -0.2) is 0 Å². The van der Waals surface area contributed by atoms with E-state index in [9.17, 15) is 0 Å². The molecule has 0 radical (unpaired) electrons. The quantitative estimate of drug-likeness (QED) is 0.798. The number of halogens is 1. The molecule has 3 heteroatoms. The molecule has 20 heavy (non-hydrogen) atoms. The zero-order valence-corrected chi connectivity index (χ0v) is 13.7. The lowest BCUT2D eigenvalue weighted by atomic mass is 9.94.